The van der Waals surface area contributed by atoms with E-state index in [0.717, 1.165) is 15.6 Å². The summed E-state index contributed by atoms with van der Waals surface area (Å²) in [6.07, 6.45) is 0. The zero-order valence-electron chi connectivity index (χ0n) is 9.34. The van der Waals surface area contributed by atoms with Crippen LogP contribution in [0, 0.1) is 0 Å². The first-order chi connectivity index (χ1) is 8.29. The smallest absolute Gasteiger partial charge is 0.396 e. The Morgan fingerprint density at radius 1 is 1.39 bits per heavy atom. The number of rotatable bonds is 3. The van der Waals surface area contributed by atoms with E-state index in [0.29, 0.717) is 10.3 Å². The van der Waals surface area contributed by atoms with E-state index in [4.69, 9.17) is 20.2 Å². The largest absolute Gasteiger partial charge is 0.414 e. The topological polar surface area (TPSA) is 76.8 Å². The lowest BCUT2D eigenvalue weighted by Gasteiger charge is -2.12. The second kappa shape index (κ2) is 4.54. The van der Waals surface area contributed by atoms with Gasteiger partial charge in [-0.3, -0.25) is 0 Å². The summed E-state index contributed by atoms with van der Waals surface area (Å²) in [7, 11) is -1.23. The summed E-state index contributed by atoms with van der Waals surface area (Å²) in [5.74, 6) is -0.0464. The highest BCUT2D eigenvalue weighted by molar-refractivity contribution is 7.84. The molecule has 0 fully saturated rings. The molecule has 0 aliphatic carbocycles. The van der Waals surface area contributed by atoms with Crippen LogP contribution in [0.15, 0.2) is 21.3 Å². The highest BCUT2D eigenvalue weighted by Gasteiger charge is 2.19. The zero-order chi connectivity index (χ0) is 13.5. The van der Waals surface area contributed by atoms with Crippen LogP contribution >= 0.6 is 22.9 Å². The van der Waals surface area contributed by atoms with E-state index in [1.165, 1.54) is 26.2 Å². The summed E-state index contributed by atoms with van der Waals surface area (Å²) in [6, 6.07) is 2.70. The molecule has 9 heteroatoms. The monoisotopic (exact) mass is 309 g/mol. The Kier molecular flexibility index (Phi) is 3.37. The van der Waals surface area contributed by atoms with E-state index >= 15 is 0 Å². The van der Waals surface area contributed by atoms with Gasteiger partial charge in [-0.1, -0.05) is 22.9 Å². The minimum absolute atomic E-state index is 0.0464. The van der Waals surface area contributed by atoms with Crippen molar-refractivity contribution in [2.75, 3.05) is 14.1 Å². The van der Waals surface area contributed by atoms with Gasteiger partial charge < -0.3 is 8.60 Å². The van der Waals surface area contributed by atoms with Crippen LogP contribution in [0.2, 0.25) is 5.02 Å². The first kappa shape index (κ1) is 13.3. The Morgan fingerprint density at radius 3 is 2.67 bits per heavy atom. The number of hydrogen-bond acceptors (Lipinski definition) is 6. The van der Waals surface area contributed by atoms with Crippen LogP contribution in [-0.4, -0.2) is 26.8 Å². The van der Waals surface area contributed by atoms with Crippen molar-refractivity contribution in [2.45, 2.75) is 0 Å². The molecule has 0 N–H and O–H groups in total. The first-order valence-electron chi connectivity index (χ1n) is 4.65. The van der Waals surface area contributed by atoms with Gasteiger partial charge in [0.15, 0.2) is 11.3 Å². The molecule has 0 atom stereocenters. The molecule has 0 radical (unpaired) electrons. The van der Waals surface area contributed by atoms with E-state index in [9.17, 15) is 13.2 Å². The molecule has 0 saturated carbocycles. The third kappa shape index (κ3) is 2.51. The van der Waals surface area contributed by atoms with E-state index in [1.54, 1.807) is 0 Å². The molecular formula is C9H8ClNO5S2. The molecule has 0 bridgehead atoms. The SMILES string of the molecule is CN(C)S(=O)(=O)Oc1cc2sc(=O)oc2cc1Cl. The van der Waals surface area contributed by atoms with Crippen LogP contribution in [0.4, 0.5) is 0 Å². The Hall–Kier alpha value is -1.09. The average Bonchev–Trinajstić information content (AvgIpc) is 2.57. The molecule has 98 valence electrons. The molecule has 0 unspecified atom stereocenters. The van der Waals surface area contributed by atoms with Gasteiger partial charge in [0.25, 0.3) is 0 Å². The average molecular weight is 310 g/mol. The summed E-state index contributed by atoms with van der Waals surface area (Å²) in [6.45, 7) is 0. The molecule has 2 aromatic rings. The van der Waals surface area contributed by atoms with Crippen molar-refractivity contribution in [1.29, 1.82) is 0 Å². The molecule has 6 nitrogen and oxygen atoms in total. The van der Waals surface area contributed by atoms with Crippen molar-refractivity contribution < 1.29 is 17.0 Å². The lowest BCUT2D eigenvalue weighted by atomic mass is 10.3. The lowest BCUT2D eigenvalue weighted by Crippen LogP contribution is -2.27. The van der Waals surface area contributed by atoms with Gasteiger partial charge >= 0.3 is 15.2 Å². The fraction of sp³-hybridized carbons (Fsp3) is 0.222. The summed E-state index contributed by atoms with van der Waals surface area (Å²) >= 11 is 6.70. The van der Waals surface area contributed by atoms with Gasteiger partial charge in [0.05, 0.1) is 9.72 Å². The van der Waals surface area contributed by atoms with Crippen molar-refractivity contribution in [2.24, 2.45) is 0 Å². The predicted octanol–water partition coefficient (Wildman–Crippen LogP) is 1.69. The van der Waals surface area contributed by atoms with Crippen molar-refractivity contribution >= 4 is 43.5 Å². The number of nitrogens with zero attached hydrogens (tertiary/aromatic N) is 1. The van der Waals surface area contributed by atoms with E-state index in [1.807, 2.05) is 0 Å². The van der Waals surface area contributed by atoms with Crippen LogP contribution < -0.4 is 9.12 Å². The Morgan fingerprint density at radius 2 is 2.06 bits per heavy atom. The van der Waals surface area contributed by atoms with Crippen molar-refractivity contribution in [3.63, 3.8) is 0 Å². The van der Waals surface area contributed by atoms with Gasteiger partial charge in [-0.2, -0.15) is 12.7 Å². The highest BCUT2D eigenvalue weighted by Crippen LogP contribution is 2.32. The van der Waals surface area contributed by atoms with Crippen LogP contribution in [0.25, 0.3) is 10.3 Å². The maximum atomic E-state index is 11.6. The highest BCUT2D eigenvalue weighted by atomic mass is 35.5. The number of fused-ring (bicyclic) bond motifs is 1. The lowest BCUT2D eigenvalue weighted by molar-refractivity contribution is 0.421. The molecule has 0 aliphatic heterocycles. The molecule has 18 heavy (non-hydrogen) atoms. The molecule has 1 heterocycles. The number of hydrogen-bond donors (Lipinski definition) is 0. The maximum absolute atomic E-state index is 11.6. The predicted molar refractivity (Wildman–Crippen MR) is 68.6 cm³/mol. The standard InChI is InChI=1S/C9H8ClNO5S2/c1-11(2)18(13,14)16-6-4-8-7(3-5(6)10)15-9(12)17-8/h3-4H,1-2H3. The van der Waals surface area contributed by atoms with Gasteiger partial charge in [0.1, 0.15) is 0 Å². The molecule has 0 aliphatic rings. The van der Waals surface area contributed by atoms with Gasteiger partial charge in [-0.15, -0.1) is 0 Å². The van der Waals surface area contributed by atoms with E-state index in [2.05, 4.69) is 0 Å². The van der Waals surface area contributed by atoms with Crippen molar-refractivity contribution in [3.8, 4) is 5.75 Å². The van der Waals surface area contributed by atoms with Crippen LogP contribution in [0.1, 0.15) is 0 Å². The third-order valence-electron chi connectivity index (χ3n) is 2.03. The Bertz CT molecular complexity index is 746. The molecule has 1 aromatic heterocycles. The van der Waals surface area contributed by atoms with Crippen LogP contribution in [0.3, 0.4) is 0 Å². The Labute approximate surface area is 112 Å². The maximum Gasteiger partial charge on any atom is 0.396 e. The van der Waals surface area contributed by atoms with E-state index < -0.39 is 15.2 Å². The van der Waals surface area contributed by atoms with E-state index in [-0.39, 0.29) is 10.8 Å². The molecule has 2 rings (SSSR count). The number of halogens is 1. The third-order valence-corrected chi connectivity index (χ3v) is 4.40. The molecule has 1 aromatic carbocycles. The molecular weight excluding hydrogens is 302 g/mol. The first-order valence-corrected chi connectivity index (χ1v) is 7.21. The Balaban J connectivity index is 2.52. The normalized spacial score (nSPS) is 12.2. The summed E-state index contributed by atoms with van der Waals surface area (Å²) in [5, 5.41) is 0.0504. The molecule has 0 amide bonds. The minimum Gasteiger partial charge on any atom is -0.414 e. The molecule has 0 saturated heterocycles. The summed E-state index contributed by atoms with van der Waals surface area (Å²) in [4.78, 5) is 10.6. The zero-order valence-corrected chi connectivity index (χ0v) is 11.7. The fourth-order valence-corrected chi connectivity index (χ4v) is 2.56. The van der Waals surface area contributed by atoms with Crippen LogP contribution in [0.5, 0.6) is 5.75 Å². The second-order valence-electron chi connectivity index (χ2n) is 3.51. The molecule has 0 spiro atoms. The van der Waals surface area contributed by atoms with Gasteiger partial charge in [-0.05, 0) is 0 Å². The quantitative estimate of drug-likeness (QED) is 0.862. The van der Waals surface area contributed by atoms with Crippen molar-refractivity contribution in [3.05, 3.63) is 26.9 Å². The fourth-order valence-electron chi connectivity index (χ4n) is 1.13. The van der Waals surface area contributed by atoms with Gasteiger partial charge in [0, 0.05) is 26.2 Å². The van der Waals surface area contributed by atoms with Crippen LogP contribution in [-0.2, 0) is 10.3 Å². The van der Waals surface area contributed by atoms with Gasteiger partial charge in [-0.25, -0.2) is 4.79 Å². The summed E-state index contributed by atoms with van der Waals surface area (Å²) < 4.78 is 34.2. The summed E-state index contributed by atoms with van der Waals surface area (Å²) in [5.41, 5.74) is 0.296. The van der Waals surface area contributed by atoms with Crippen molar-refractivity contribution in [1.82, 2.24) is 4.31 Å². The van der Waals surface area contributed by atoms with Gasteiger partial charge in [0.2, 0.25) is 0 Å². The minimum atomic E-state index is -3.89. The second-order valence-corrected chi connectivity index (χ2v) is 6.64. The number of benzene rings is 1.